The number of methoxy groups -OCH3 is 1. The van der Waals surface area contributed by atoms with Crippen molar-refractivity contribution >= 4 is 11.8 Å². The second-order valence-corrected chi connectivity index (χ2v) is 5.16. The number of rotatable bonds is 4. The zero-order chi connectivity index (χ0) is 19.7. The number of hydrogen-bond donors (Lipinski definition) is 3. The second kappa shape index (κ2) is 6.63. The lowest BCUT2D eigenvalue weighted by molar-refractivity contribution is -0.267. The Labute approximate surface area is 142 Å². The summed E-state index contributed by atoms with van der Waals surface area (Å²) >= 11 is 0. The molecule has 2 heterocycles. The molecule has 0 saturated heterocycles. The Bertz CT molecular complexity index is 938. The van der Waals surface area contributed by atoms with Gasteiger partial charge in [-0.3, -0.25) is 19.3 Å². The summed E-state index contributed by atoms with van der Waals surface area (Å²) < 4.78 is 44.7. The van der Waals surface area contributed by atoms with Gasteiger partial charge < -0.3 is 15.6 Å². The topological polar surface area (TPSA) is 140 Å². The van der Waals surface area contributed by atoms with E-state index in [1.54, 1.807) is 4.98 Å². The van der Waals surface area contributed by atoms with Gasteiger partial charge >= 0.3 is 17.8 Å². The summed E-state index contributed by atoms with van der Waals surface area (Å²) in [6.07, 6.45) is -2.91. The molecule has 9 nitrogen and oxygen atoms in total. The number of pyridine rings is 1. The number of nitrogens with one attached hydrogen (secondary N) is 1. The minimum atomic E-state index is -5.64. The van der Waals surface area contributed by atoms with Crippen LogP contribution < -0.4 is 17.0 Å². The Morgan fingerprint density at radius 3 is 2.42 bits per heavy atom. The minimum Gasteiger partial charge on any atom is -0.466 e. The van der Waals surface area contributed by atoms with E-state index in [-0.39, 0.29) is 6.54 Å². The van der Waals surface area contributed by atoms with Gasteiger partial charge in [-0.15, -0.1) is 0 Å². The van der Waals surface area contributed by atoms with Crippen molar-refractivity contribution in [2.24, 2.45) is 0 Å². The van der Waals surface area contributed by atoms with Gasteiger partial charge in [-0.05, 0) is 17.7 Å². The number of ether oxygens (including phenoxy) is 1. The fourth-order valence-corrected chi connectivity index (χ4v) is 2.27. The van der Waals surface area contributed by atoms with Gasteiger partial charge in [0.15, 0.2) is 0 Å². The molecule has 2 aromatic heterocycles. The first-order chi connectivity index (χ1) is 12.0. The van der Waals surface area contributed by atoms with E-state index in [4.69, 9.17) is 5.73 Å². The van der Waals surface area contributed by atoms with Gasteiger partial charge in [0, 0.05) is 12.4 Å². The molecular weight excluding hydrogens is 361 g/mol. The molecule has 2 rings (SSSR count). The largest absolute Gasteiger partial charge is 0.466 e. The number of alkyl halides is 3. The number of nitrogens with two attached hydrogens (primary N) is 1. The maximum atomic E-state index is 13.4. The van der Waals surface area contributed by atoms with Crippen molar-refractivity contribution in [1.82, 2.24) is 14.5 Å². The lowest BCUT2D eigenvalue weighted by Gasteiger charge is -2.28. The molecule has 12 heteroatoms. The van der Waals surface area contributed by atoms with Crippen molar-refractivity contribution < 1.29 is 27.8 Å². The number of hydrogen-bond acceptors (Lipinski definition) is 7. The third-order valence-electron chi connectivity index (χ3n) is 3.58. The molecule has 0 aliphatic rings. The van der Waals surface area contributed by atoms with Crippen LogP contribution in [0.4, 0.5) is 19.0 Å². The summed E-state index contributed by atoms with van der Waals surface area (Å²) in [4.78, 5) is 40.9. The highest BCUT2D eigenvalue weighted by atomic mass is 19.4. The van der Waals surface area contributed by atoms with E-state index < -0.39 is 40.4 Å². The van der Waals surface area contributed by atoms with E-state index in [0.29, 0.717) is 17.2 Å². The van der Waals surface area contributed by atoms with E-state index in [1.807, 2.05) is 0 Å². The van der Waals surface area contributed by atoms with Crippen LogP contribution in [0.3, 0.4) is 0 Å². The predicted molar refractivity (Wildman–Crippen MR) is 81.0 cm³/mol. The normalized spacial score (nSPS) is 13.9. The van der Waals surface area contributed by atoms with Crippen LogP contribution in [0.25, 0.3) is 0 Å². The molecule has 0 saturated carbocycles. The minimum absolute atomic E-state index is 0.341. The maximum Gasteiger partial charge on any atom is 0.432 e. The highest BCUT2D eigenvalue weighted by molar-refractivity contribution is 5.83. The number of nitrogen functional groups attached to an aromatic ring is 1. The SMILES string of the molecule is COC(=O)C(O)(c1c(N)n(Cc2ccncc2)c(=O)[nH]c1=O)C(F)(F)F. The monoisotopic (exact) mass is 374 g/mol. The van der Waals surface area contributed by atoms with Gasteiger partial charge in [0.25, 0.3) is 11.2 Å². The smallest absolute Gasteiger partial charge is 0.432 e. The van der Waals surface area contributed by atoms with Crippen LogP contribution in [0.15, 0.2) is 34.1 Å². The molecule has 26 heavy (non-hydrogen) atoms. The lowest BCUT2D eigenvalue weighted by atomic mass is 9.94. The predicted octanol–water partition coefficient (Wildman–Crippen LogP) is -0.515. The number of anilines is 1. The van der Waals surface area contributed by atoms with Gasteiger partial charge in [0.05, 0.1) is 13.7 Å². The fourth-order valence-electron chi connectivity index (χ4n) is 2.27. The number of aromatic amines is 1. The number of H-pyrrole nitrogens is 1. The first-order valence-corrected chi connectivity index (χ1v) is 6.93. The Kier molecular flexibility index (Phi) is 4.89. The van der Waals surface area contributed by atoms with E-state index in [9.17, 15) is 32.7 Å². The molecule has 0 spiro atoms. The van der Waals surface area contributed by atoms with Crippen molar-refractivity contribution in [3.05, 3.63) is 56.5 Å². The Hall–Kier alpha value is -3.15. The van der Waals surface area contributed by atoms with Crippen LogP contribution >= 0.6 is 0 Å². The molecule has 2 aromatic rings. The number of nitrogens with zero attached hydrogens (tertiary/aromatic N) is 2. The van der Waals surface area contributed by atoms with Crippen molar-refractivity contribution in [2.45, 2.75) is 18.3 Å². The average molecular weight is 374 g/mol. The van der Waals surface area contributed by atoms with Gasteiger partial charge in [0.2, 0.25) is 0 Å². The standard InChI is InChI=1S/C14H13F3N4O5/c1-26-11(23)13(25,14(15,16)17)8-9(18)21(12(24)20-10(8)22)6-7-2-4-19-5-3-7/h2-5,25H,6,18H2,1H3,(H,20,22,24). The first kappa shape index (κ1) is 19.2. The molecule has 0 bridgehead atoms. The van der Waals surface area contributed by atoms with Crippen molar-refractivity contribution in [2.75, 3.05) is 12.8 Å². The fraction of sp³-hybridized carbons (Fsp3) is 0.286. The molecule has 0 fully saturated rings. The number of carbonyl (C=O) groups excluding carboxylic acids is 1. The highest BCUT2D eigenvalue weighted by Gasteiger charge is 2.64. The van der Waals surface area contributed by atoms with Crippen LogP contribution in [-0.2, 0) is 21.7 Å². The zero-order valence-corrected chi connectivity index (χ0v) is 13.2. The summed E-state index contributed by atoms with van der Waals surface area (Å²) in [6, 6.07) is 2.90. The van der Waals surface area contributed by atoms with Crippen LogP contribution in [0.1, 0.15) is 11.1 Å². The third kappa shape index (κ3) is 3.06. The number of halogens is 3. The quantitative estimate of drug-likeness (QED) is 0.612. The summed E-state index contributed by atoms with van der Waals surface area (Å²) in [6.45, 7) is -0.341. The molecule has 4 N–H and O–H groups in total. The third-order valence-corrected chi connectivity index (χ3v) is 3.58. The van der Waals surface area contributed by atoms with Gasteiger partial charge in [-0.2, -0.15) is 13.2 Å². The van der Waals surface area contributed by atoms with E-state index in [0.717, 1.165) is 0 Å². The van der Waals surface area contributed by atoms with Crippen molar-refractivity contribution in [1.29, 1.82) is 0 Å². The van der Waals surface area contributed by atoms with Gasteiger partial charge in [-0.1, -0.05) is 0 Å². The molecule has 1 atom stereocenters. The summed E-state index contributed by atoms with van der Waals surface area (Å²) in [5.41, 5.74) is -2.71. The van der Waals surface area contributed by atoms with Crippen LogP contribution in [0, 0.1) is 0 Å². The van der Waals surface area contributed by atoms with E-state index in [2.05, 4.69) is 9.72 Å². The first-order valence-electron chi connectivity index (χ1n) is 6.93. The van der Waals surface area contributed by atoms with Crippen LogP contribution in [0.5, 0.6) is 0 Å². The molecule has 0 aromatic carbocycles. The zero-order valence-electron chi connectivity index (χ0n) is 13.2. The number of aliphatic hydroxyl groups is 1. The second-order valence-electron chi connectivity index (χ2n) is 5.16. The Morgan fingerprint density at radius 1 is 1.35 bits per heavy atom. The van der Waals surface area contributed by atoms with Crippen LogP contribution in [0.2, 0.25) is 0 Å². The van der Waals surface area contributed by atoms with Crippen LogP contribution in [-0.4, -0.2) is 38.9 Å². The van der Waals surface area contributed by atoms with Crippen molar-refractivity contribution in [3.63, 3.8) is 0 Å². The van der Waals surface area contributed by atoms with Gasteiger partial charge in [0.1, 0.15) is 11.4 Å². The van der Waals surface area contributed by atoms with Gasteiger partial charge in [-0.25, -0.2) is 9.59 Å². The number of aromatic nitrogens is 3. The average Bonchev–Trinajstić information content (AvgIpc) is 2.57. The Balaban J connectivity index is 2.77. The molecule has 0 aliphatic heterocycles. The summed E-state index contributed by atoms with van der Waals surface area (Å²) in [5, 5.41) is 10.0. The molecule has 0 aliphatic carbocycles. The summed E-state index contributed by atoms with van der Waals surface area (Å²) in [7, 11) is 0.594. The molecule has 0 amide bonds. The van der Waals surface area contributed by atoms with E-state index in [1.165, 1.54) is 24.5 Å². The maximum absolute atomic E-state index is 13.4. The molecule has 1 unspecified atom stereocenters. The van der Waals surface area contributed by atoms with Crippen molar-refractivity contribution in [3.8, 4) is 0 Å². The highest BCUT2D eigenvalue weighted by Crippen LogP contribution is 2.40. The molecule has 0 radical (unpaired) electrons. The summed E-state index contributed by atoms with van der Waals surface area (Å²) in [5.74, 6) is -3.20. The number of esters is 1. The molecule has 140 valence electrons. The molecular formula is C14H13F3N4O5. The number of carbonyl (C=O) groups is 1. The van der Waals surface area contributed by atoms with E-state index >= 15 is 0 Å². The Morgan fingerprint density at radius 2 is 1.92 bits per heavy atom. The lowest BCUT2D eigenvalue weighted by Crippen LogP contribution is -2.54.